The average Bonchev–Trinajstić information content (AvgIpc) is 2.28. The molecule has 5 heteroatoms. The number of nitrogen functional groups attached to an aromatic ring is 1. The van der Waals surface area contributed by atoms with Crippen LogP contribution in [0, 0.1) is 0 Å². The zero-order valence-electron chi connectivity index (χ0n) is 11.7. The molecule has 0 aliphatic heterocycles. The molecule has 0 aliphatic rings. The van der Waals surface area contributed by atoms with E-state index in [1.165, 1.54) is 19.3 Å². The lowest BCUT2D eigenvalue weighted by Gasteiger charge is -2.15. The Bertz CT molecular complexity index is 353. The highest BCUT2D eigenvalue weighted by Gasteiger charge is 2.05. The molecular weight excluding hydrogens is 226 g/mol. The molecule has 0 bridgehead atoms. The van der Waals surface area contributed by atoms with E-state index in [0.29, 0.717) is 12.0 Å². The topological polar surface area (TPSA) is 75.9 Å². The van der Waals surface area contributed by atoms with Crippen LogP contribution in [0.1, 0.15) is 46.5 Å². The molecule has 0 saturated carbocycles. The van der Waals surface area contributed by atoms with Crippen LogP contribution in [0.15, 0.2) is 6.07 Å². The van der Waals surface area contributed by atoms with E-state index >= 15 is 0 Å². The summed E-state index contributed by atoms with van der Waals surface area (Å²) in [6.45, 7) is 7.23. The fourth-order valence-electron chi connectivity index (χ4n) is 1.84. The fraction of sp³-hybridized carbons (Fsp3) is 0.692. The van der Waals surface area contributed by atoms with Crippen molar-refractivity contribution in [1.82, 2.24) is 9.97 Å². The molecule has 0 radical (unpaired) electrons. The molecule has 1 unspecified atom stereocenters. The summed E-state index contributed by atoms with van der Waals surface area (Å²) in [5.74, 6) is 1.87. The third-order valence-electron chi connectivity index (χ3n) is 2.74. The van der Waals surface area contributed by atoms with Gasteiger partial charge in [-0.05, 0) is 20.3 Å². The second kappa shape index (κ2) is 7.74. The lowest BCUT2D eigenvalue weighted by molar-refractivity contribution is 0.614. The van der Waals surface area contributed by atoms with Gasteiger partial charge in [-0.3, -0.25) is 0 Å². The first kappa shape index (κ1) is 14.5. The monoisotopic (exact) mass is 251 g/mol. The van der Waals surface area contributed by atoms with Crippen molar-refractivity contribution in [3.05, 3.63) is 6.07 Å². The summed E-state index contributed by atoms with van der Waals surface area (Å²) in [4.78, 5) is 8.32. The van der Waals surface area contributed by atoms with E-state index in [1.54, 1.807) is 0 Å². The summed E-state index contributed by atoms with van der Waals surface area (Å²) >= 11 is 0. The maximum absolute atomic E-state index is 5.68. The van der Waals surface area contributed by atoms with E-state index in [2.05, 4.69) is 34.4 Å². The highest BCUT2D eigenvalue weighted by atomic mass is 15.1. The van der Waals surface area contributed by atoms with Gasteiger partial charge in [0.25, 0.3) is 0 Å². The number of rotatable bonds is 8. The van der Waals surface area contributed by atoms with E-state index in [4.69, 9.17) is 5.73 Å². The van der Waals surface area contributed by atoms with Gasteiger partial charge in [-0.2, -0.15) is 9.97 Å². The van der Waals surface area contributed by atoms with Crippen LogP contribution in [0.25, 0.3) is 0 Å². The molecule has 1 aromatic heterocycles. The number of hydrogen-bond acceptors (Lipinski definition) is 5. The van der Waals surface area contributed by atoms with Gasteiger partial charge in [0.05, 0.1) is 0 Å². The van der Waals surface area contributed by atoms with Gasteiger partial charge >= 0.3 is 0 Å². The van der Waals surface area contributed by atoms with Crippen molar-refractivity contribution in [3.8, 4) is 0 Å². The molecule has 0 fully saturated rings. The lowest BCUT2D eigenvalue weighted by atomic mass is 10.1. The Balaban J connectivity index is 2.54. The molecule has 5 nitrogen and oxygen atoms in total. The zero-order valence-corrected chi connectivity index (χ0v) is 11.7. The summed E-state index contributed by atoms with van der Waals surface area (Å²) in [5, 5.41) is 6.51. The van der Waals surface area contributed by atoms with Crippen molar-refractivity contribution >= 4 is 17.6 Å². The Morgan fingerprint density at radius 3 is 2.61 bits per heavy atom. The number of unbranched alkanes of at least 4 members (excludes halogenated alkanes) is 2. The van der Waals surface area contributed by atoms with Crippen LogP contribution in [0.2, 0.25) is 0 Å². The number of anilines is 3. The normalized spacial score (nSPS) is 12.2. The highest BCUT2D eigenvalue weighted by Crippen LogP contribution is 2.15. The van der Waals surface area contributed by atoms with Crippen molar-refractivity contribution in [2.24, 2.45) is 0 Å². The molecule has 102 valence electrons. The number of nitrogens with two attached hydrogens (primary N) is 1. The van der Waals surface area contributed by atoms with Gasteiger partial charge in [0.1, 0.15) is 11.6 Å². The minimum Gasteiger partial charge on any atom is -0.370 e. The maximum atomic E-state index is 5.68. The number of aromatic nitrogens is 2. The second-order valence-electron chi connectivity index (χ2n) is 4.57. The first-order valence-electron chi connectivity index (χ1n) is 6.80. The Labute approximate surface area is 110 Å². The third-order valence-corrected chi connectivity index (χ3v) is 2.74. The van der Waals surface area contributed by atoms with Crippen LogP contribution in [0.5, 0.6) is 0 Å². The van der Waals surface area contributed by atoms with E-state index in [-0.39, 0.29) is 0 Å². The van der Waals surface area contributed by atoms with Gasteiger partial charge in [0.2, 0.25) is 5.95 Å². The molecule has 0 saturated heterocycles. The quantitative estimate of drug-likeness (QED) is 0.619. The molecule has 0 spiro atoms. The van der Waals surface area contributed by atoms with Crippen molar-refractivity contribution in [2.45, 2.75) is 52.5 Å². The largest absolute Gasteiger partial charge is 0.370 e. The van der Waals surface area contributed by atoms with Gasteiger partial charge in [-0.1, -0.05) is 26.2 Å². The molecule has 0 aromatic carbocycles. The summed E-state index contributed by atoms with van der Waals surface area (Å²) in [6.07, 6.45) is 4.91. The van der Waals surface area contributed by atoms with E-state index in [0.717, 1.165) is 24.6 Å². The Kier molecular flexibility index (Phi) is 6.25. The van der Waals surface area contributed by atoms with Crippen LogP contribution in [0.4, 0.5) is 17.6 Å². The highest BCUT2D eigenvalue weighted by molar-refractivity contribution is 5.51. The maximum Gasteiger partial charge on any atom is 0.223 e. The molecule has 0 amide bonds. The molecule has 1 heterocycles. The van der Waals surface area contributed by atoms with Crippen LogP contribution >= 0.6 is 0 Å². The number of nitrogens with zero attached hydrogens (tertiary/aromatic N) is 2. The van der Waals surface area contributed by atoms with E-state index in [9.17, 15) is 0 Å². The SMILES string of the molecule is CCCCCC(C)Nc1cc(NCC)nc(N)n1. The second-order valence-corrected chi connectivity index (χ2v) is 4.57. The number of hydrogen-bond donors (Lipinski definition) is 3. The molecule has 1 atom stereocenters. The molecule has 0 aliphatic carbocycles. The summed E-state index contributed by atoms with van der Waals surface area (Å²) < 4.78 is 0. The lowest BCUT2D eigenvalue weighted by Crippen LogP contribution is -2.17. The van der Waals surface area contributed by atoms with Crippen LogP contribution < -0.4 is 16.4 Å². The Morgan fingerprint density at radius 1 is 1.22 bits per heavy atom. The predicted molar refractivity (Wildman–Crippen MR) is 77.8 cm³/mol. The molecule has 4 N–H and O–H groups in total. The molecule has 1 rings (SSSR count). The molecule has 1 aromatic rings. The molecule has 18 heavy (non-hydrogen) atoms. The van der Waals surface area contributed by atoms with Gasteiger partial charge in [0, 0.05) is 18.7 Å². The predicted octanol–water partition coefficient (Wildman–Crippen LogP) is 2.87. The first-order chi connectivity index (χ1) is 8.65. The van der Waals surface area contributed by atoms with Gasteiger partial charge < -0.3 is 16.4 Å². The van der Waals surface area contributed by atoms with E-state index < -0.39 is 0 Å². The first-order valence-corrected chi connectivity index (χ1v) is 6.80. The van der Waals surface area contributed by atoms with Gasteiger partial charge in [-0.25, -0.2) is 0 Å². The summed E-state index contributed by atoms with van der Waals surface area (Å²) in [7, 11) is 0. The van der Waals surface area contributed by atoms with Gasteiger partial charge in [-0.15, -0.1) is 0 Å². The Hall–Kier alpha value is -1.52. The smallest absolute Gasteiger partial charge is 0.223 e. The van der Waals surface area contributed by atoms with Crippen LogP contribution in [-0.4, -0.2) is 22.6 Å². The average molecular weight is 251 g/mol. The third kappa shape index (κ3) is 5.21. The van der Waals surface area contributed by atoms with Crippen LogP contribution in [0.3, 0.4) is 0 Å². The Morgan fingerprint density at radius 2 is 1.94 bits per heavy atom. The minimum absolute atomic E-state index is 0.303. The minimum atomic E-state index is 0.303. The number of nitrogens with one attached hydrogen (secondary N) is 2. The van der Waals surface area contributed by atoms with Crippen molar-refractivity contribution in [2.75, 3.05) is 22.9 Å². The van der Waals surface area contributed by atoms with Crippen LogP contribution in [-0.2, 0) is 0 Å². The van der Waals surface area contributed by atoms with Crippen molar-refractivity contribution in [3.63, 3.8) is 0 Å². The molecular formula is C13H25N5. The fourth-order valence-corrected chi connectivity index (χ4v) is 1.84. The van der Waals surface area contributed by atoms with Gasteiger partial charge in [0.15, 0.2) is 0 Å². The van der Waals surface area contributed by atoms with E-state index in [1.807, 2.05) is 13.0 Å². The standard InChI is InChI=1S/C13H25N5/c1-4-6-7-8-10(3)16-12-9-11(15-5-2)17-13(14)18-12/h9-10H,4-8H2,1-3H3,(H4,14,15,16,17,18). The van der Waals surface area contributed by atoms with Crippen molar-refractivity contribution in [1.29, 1.82) is 0 Å². The summed E-state index contributed by atoms with van der Waals surface area (Å²) in [5.41, 5.74) is 5.68. The zero-order chi connectivity index (χ0) is 13.4. The van der Waals surface area contributed by atoms with Crippen molar-refractivity contribution < 1.29 is 0 Å². The summed E-state index contributed by atoms with van der Waals surface area (Å²) in [6, 6.07) is 2.30.